The zero-order chi connectivity index (χ0) is 12.1. The number of hydrogen-bond acceptors (Lipinski definition) is 3. The summed E-state index contributed by atoms with van der Waals surface area (Å²) in [5, 5.41) is 13.2. The average Bonchev–Trinajstić information content (AvgIpc) is 2.85. The molecule has 2 nitrogen and oxygen atoms in total. The first kappa shape index (κ1) is 12.5. The zero-order valence-corrected chi connectivity index (χ0v) is 11.0. The lowest BCUT2D eigenvalue weighted by molar-refractivity contribution is 0.525. The van der Waals surface area contributed by atoms with E-state index in [1.165, 1.54) is 24.8 Å². The highest BCUT2D eigenvalue weighted by Gasteiger charge is 2.22. The van der Waals surface area contributed by atoms with Crippen molar-refractivity contribution in [3.63, 3.8) is 0 Å². The smallest absolute Gasteiger partial charge is 0.0991 e. The molecule has 0 saturated heterocycles. The van der Waals surface area contributed by atoms with E-state index in [-0.39, 0.29) is 0 Å². The first-order chi connectivity index (χ1) is 8.31. The molecular formula is C14H18N2S. The second-order valence-electron chi connectivity index (χ2n) is 4.56. The SMILES string of the molecule is CSC1CCC(NCc2ccc(C#N)cc2)C1. The van der Waals surface area contributed by atoms with Gasteiger partial charge >= 0.3 is 0 Å². The van der Waals surface area contributed by atoms with E-state index in [4.69, 9.17) is 5.26 Å². The second-order valence-corrected chi connectivity index (χ2v) is 5.70. The highest BCUT2D eigenvalue weighted by Crippen LogP contribution is 2.28. The molecule has 1 aromatic rings. The van der Waals surface area contributed by atoms with Crippen molar-refractivity contribution in [2.75, 3.05) is 6.26 Å². The Bertz CT molecular complexity index is 394. The summed E-state index contributed by atoms with van der Waals surface area (Å²) in [6, 6.07) is 10.7. The number of hydrogen-bond donors (Lipinski definition) is 1. The van der Waals surface area contributed by atoms with Gasteiger partial charge in [-0.15, -0.1) is 0 Å². The third-order valence-corrected chi connectivity index (χ3v) is 4.49. The summed E-state index contributed by atoms with van der Waals surface area (Å²) in [6.45, 7) is 0.914. The van der Waals surface area contributed by atoms with Crippen LogP contribution in [0.1, 0.15) is 30.4 Å². The standard InChI is InChI=1S/C14H18N2S/c1-17-14-7-6-13(8-14)16-10-12-4-2-11(9-15)3-5-12/h2-5,13-14,16H,6-8,10H2,1H3. The molecule has 0 spiro atoms. The van der Waals surface area contributed by atoms with Crippen molar-refractivity contribution in [1.29, 1.82) is 5.26 Å². The van der Waals surface area contributed by atoms with Crippen molar-refractivity contribution < 1.29 is 0 Å². The molecule has 1 aromatic carbocycles. The van der Waals surface area contributed by atoms with Gasteiger partial charge in [0.15, 0.2) is 0 Å². The molecule has 1 fully saturated rings. The first-order valence-corrected chi connectivity index (χ1v) is 7.36. The normalized spacial score (nSPS) is 23.5. The Morgan fingerprint density at radius 2 is 2.12 bits per heavy atom. The molecule has 0 heterocycles. The molecule has 3 heteroatoms. The Hall–Kier alpha value is -0.980. The number of rotatable bonds is 4. The minimum absolute atomic E-state index is 0.670. The molecule has 2 atom stereocenters. The quantitative estimate of drug-likeness (QED) is 0.887. The zero-order valence-electron chi connectivity index (χ0n) is 10.1. The highest BCUT2D eigenvalue weighted by molar-refractivity contribution is 7.99. The Morgan fingerprint density at radius 1 is 1.35 bits per heavy atom. The summed E-state index contributed by atoms with van der Waals surface area (Å²) in [5.41, 5.74) is 1.99. The van der Waals surface area contributed by atoms with Gasteiger partial charge in [0.1, 0.15) is 0 Å². The first-order valence-electron chi connectivity index (χ1n) is 6.07. The fraction of sp³-hybridized carbons (Fsp3) is 0.500. The maximum atomic E-state index is 8.72. The van der Waals surface area contributed by atoms with Gasteiger partial charge in [-0.1, -0.05) is 12.1 Å². The van der Waals surface area contributed by atoms with E-state index in [2.05, 4.69) is 17.6 Å². The van der Waals surface area contributed by atoms with Gasteiger partial charge in [-0.05, 0) is 43.2 Å². The van der Waals surface area contributed by atoms with Crippen LogP contribution in [0.5, 0.6) is 0 Å². The lowest BCUT2D eigenvalue weighted by Gasteiger charge is -2.12. The van der Waals surface area contributed by atoms with E-state index in [9.17, 15) is 0 Å². The largest absolute Gasteiger partial charge is 0.310 e. The molecular weight excluding hydrogens is 228 g/mol. The molecule has 0 amide bonds. The Kier molecular flexibility index (Phi) is 4.47. The van der Waals surface area contributed by atoms with Gasteiger partial charge in [0.05, 0.1) is 11.6 Å². The molecule has 0 bridgehead atoms. The maximum absolute atomic E-state index is 8.72. The van der Waals surface area contributed by atoms with Crippen LogP contribution in [0.25, 0.3) is 0 Å². The van der Waals surface area contributed by atoms with Crippen molar-refractivity contribution in [3.8, 4) is 6.07 Å². The van der Waals surface area contributed by atoms with E-state index in [0.29, 0.717) is 6.04 Å². The van der Waals surface area contributed by atoms with E-state index < -0.39 is 0 Å². The van der Waals surface area contributed by atoms with Crippen molar-refractivity contribution in [1.82, 2.24) is 5.32 Å². The second kappa shape index (κ2) is 6.09. The van der Waals surface area contributed by atoms with Crippen molar-refractivity contribution in [2.45, 2.75) is 37.1 Å². The van der Waals surface area contributed by atoms with Crippen LogP contribution in [0.3, 0.4) is 0 Å². The minimum Gasteiger partial charge on any atom is -0.310 e. The average molecular weight is 246 g/mol. The molecule has 0 aliphatic heterocycles. The molecule has 90 valence electrons. The van der Waals surface area contributed by atoms with Crippen LogP contribution in [0.2, 0.25) is 0 Å². The summed E-state index contributed by atoms with van der Waals surface area (Å²) in [6.07, 6.45) is 6.12. The third-order valence-electron chi connectivity index (χ3n) is 3.40. The van der Waals surface area contributed by atoms with E-state index in [0.717, 1.165) is 17.4 Å². The lowest BCUT2D eigenvalue weighted by Crippen LogP contribution is -2.26. The molecule has 0 radical (unpaired) electrons. The van der Waals surface area contributed by atoms with Crippen molar-refractivity contribution in [3.05, 3.63) is 35.4 Å². The van der Waals surface area contributed by atoms with Crippen molar-refractivity contribution in [2.24, 2.45) is 0 Å². The third kappa shape index (κ3) is 3.49. The summed E-state index contributed by atoms with van der Waals surface area (Å²) in [7, 11) is 0. The molecule has 1 aliphatic carbocycles. The molecule has 1 saturated carbocycles. The molecule has 2 rings (SSSR count). The van der Waals surface area contributed by atoms with E-state index in [1.807, 2.05) is 36.0 Å². The topological polar surface area (TPSA) is 35.8 Å². The predicted molar refractivity (Wildman–Crippen MR) is 72.9 cm³/mol. The van der Waals surface area contributed by atoms with E-state index in [1.54, 1.807) is 0 Å². The highest BCUT2D eigenvalue weighted by atomic mass is 32.2. The fourth-order valence-corrected chi connectivity index (χ4v) is 3.10. The van der Waals surface area contributed by atoms with Gasteiger partial charge in [0.2, 0.25) is 0 Å². The molecule has 2 unspecified atom stereocenters. The van der Waals surface area contributed by atoms with Crippen LogP contribution >= 0.6 is 11.8 Å². The number of benzene rings is 1. The number of nitriles is 1. The molecule has 0 aromatic heterocycles. The Morgan fingerprint density at radius 3 is 2.71 bits per heavy atom. The van der Waals surface area contributed by atoms with Gasteiger partial charge in [0.25, 0.3) is 0 Å². The molecule has 1 aliphatic rings. The number of nitrogens with one attached hydrogen (secondary N) is 1. The Labute approximate surface area is 107 Å². The maximum Gasteiger partial charge on any atom is 0.0991 e. The Balaban J connectivity index is 1.80. The number of nitrogens with zero attached hydrogens (tertiary/aromatic N) is 1. The van der Waals surface area contributed by atoms with Crippen LogP contribution in [0.15, 0.2) is 24.3 Å². The van der Waals surface area contributed by atoms with Crippen LogP contribution in [0, 0.1) is 11.3 Å². The van der Waals surface area contributed by atoms with Gasteiger partial charge in [-0.25, -0.2) is 0 Å². The summed E-state index contributed by atoms with van der Waals surface area (Å²) in [4.78, 5) is 0. The van der Waals surface area contributed by atoms with Crippen LogP contribution in [0.4, 0.5) is 0 Å². The minimum atomic E-state index is 0.670. The molecule has 17 heavy (non-hydrogen) atoms. The fourth-order valence-electron chi connectivity index (χ4n) is 2.30. The van der Waals surface area contributed by atoms with Crippen molar-refractivity contribution >= 4 is 11.8 Å². The monoisotopic (exact) mass is 246 g/mol. The van der Waals surface area contributed by atoms with Gasteiger partial charge < -0.3 is 5.32 Å². The van der Waals surface area contributed by atoms with Gasteiger partial charge in [0, 0.05) is 17.8 Å². The lowest BCUT2D eigenvalue weighted by atomic mass is 10.1. The summed E-state index contributed by atoms with van der Waals surface area (Å²) >= 11 is 1.99. The van der Waals surface area contributed by atoms with Gasteiger partial charge in [-0.3, -0.25) is 0 Å². The predicted octanol–water partition coefficient (Wildman–Crippen LogP) is 2.93. The van der Waals surface area contributed by atoms with Crippen LogP contribution in [-0.4, -0.2) is 17.5 Å². The van der Waals surface area contributed by atoms with Crippen LogP contribution < -0.4 is 5.32 Å². The molecule has 1 N–H and O–H groups in total. The summed E-state index contributed by atoms with van der Waals surface area (Å²) < 4.78 is 0. The van der Waals surface area contributed by atoms with Crippen LogP contribution in [-0.2, 0) is 6.54 Å². The summed E-state index contributed by atoms with van der Waals surface area (Å²) in [5.74, 6) is 0. The van der Waals surface area contributed by atoms with Gasteiger partial charge in [-0.2, -0.15) is 17.0 Å². The van der Waals surface area contributed by atoms with E-state index >= 15 is 0 Å². The number of thioether (sulfide) groups is 1.